The lowest BCUT2D eigenvalue weighted by molar-refractivity contribution is -0.884. The number of quaternary nitrogens is 1. The van der Waals surface area contributed by atoms with Crippen molar-refractivity contribution in [3.8, 4) is 0 Å². The van der Waals surface area contributed by atoms with Gasteiger partial charge in [-0.05, 0) is 35.4 Å². The first-order chi connectivity index (χ1) is 11.5. The Morgan fingerprint density at radius 1 is 0.917 bits per heavy atom. The average molecular weight is 333 g/mol. The second-order valence-electron chi connectivity index (χ2n) is 6.61. The van der Waals surface area contributed by atoms with E-state index in [1.165, 1.54) is 29.2 Å². The fraction of sp³-hybridized carbons (Fsp3) is 0.368. The lowest BCUT2D eigenvalue weighted by Crippen LogP contribution is -3.12. The van der Waals surface area contributed by atoms with Crippen LogP contribution in [0.2, 0.25) is 0 Å². The van der Waals surface area contributed by atoms with E-state index in [9.17, 15) is 13.9 Å². The summed E-state index contributed by atoms with van der Waals surface area (Å²) in [6.07, 6.45) is 0. The molecular formula is C19H23F2N2O+. The van der Waals surface area contributed by atoms with Gasteiger partial charge in [0.1, 0.15) is 17.2 Å². The molecule has 1 aliphatic rings. The molecule has 0 aliphatic carbocycles. The summed E-state index contributed by atoms with van der Waals surface area (Å²) in [5, 5.41) is 11.5. The van der Waals surface area contributed by atoms with Crippen molar-refractivity contribution in [3.63, 3.8) is 0 Å². The molecule has 2 aromatic carbocycles. The van der Waals surface area contributed by atoms with Crippen LogP contribution >= 0.6 is 0 Å². The largest absolute Gasteiger partial charge is 0.379 e. The predicted octanol–water partition coefficient (Wildman–Crippen LogP) is 1.03. The summed E-state index contributed by atoms with van der Waals surface area (Å²) in [4.78, 5) is 3.68. The van der Waals surface area contributed by atoms with Crippen molar-refractivity contribution in [1.29, 1.82) is 0 Å². The van der Waals surface area contributed by atoms with Crippen molar-refractivity contribution in [1.82, 2.24) is 4.90 Å². The fourth-order valence-electron chi connectivity index (χ4n) is 3.22. The monoisotopic (exact) mass is 333 g/mol. The van der Waals surface area contributed by atoms with E-state index in [1.807, 2.05) is 0 Å². The molecule has 0 radical (unpaired) electrons. The molecule has 1 heterocycles. The van der Waals surface area contributed by atoms with Crippen LogP contribution in [0.3, 0.4) is 0 Å². The van der Waals surface area contributed by atoms with E-state index in [0.29, 0.717) is 17.7 Å². The molecule has 0 spiro atoms. The topological polar surface area (TPSA) is 27.9 Å². The molecule has 5 heteroatoms. The molecule has 1 saturated heterocycles. The van der Waals surface area contributed by atoms with E-state index in [2.05, 4.69) is 11.9 Å². The number of hydrogen-bond donors (Lipinski definition) is 2. The maximum atomic E-state index is 13.3. The molecule has 24 heavy (non-hydrogen) atoms. The molecule has 3 nitrogen and oxygen atoms in total. The lowest BCUT2D eigenvalue weighted by Gasteiger charge is -2.37. The SMILES string of the molecule is C[NH+]1CCN(CC(O)(c2ccc(F)cc2)c2ccc(F)cc2)CC1. The Bertz CT molecular complexity index is 619. The summed E-state index contributed by atoms with van der Waals surface area (Å²) in [6.45, 7) is 4.20. The summed E-state index contributed by atoms with van der Waals surface area (Å²) in [6, 6.07) is 11.8. The molecule has 2 aromatic rings. The molecule has 2 N–H and O–H groups in total. The fourth-order valence-corrected chi connectivity index (χ4v) is 3.22. The quantitative estimate of drug-likeness (QED) is 0.875. The second kappa shape index (κ2) is 6.97. The molecule has 0 unspecified atom stereocenters. The number of β-amino-alcohol motifs (C(OH)–C–C–N with tert-alkyl or cyclic N) is 1. The highest BCUT2D eigenvalue weighted by Gasteiger charge is 2.35. The van der Waals surface area contributed by atoms with Crippen LogP contribution in [0, 0.1) is 11.6 Å². The van der Waals surface area contributed by atoms with E-state index < -0.39 is 5.60 Å². The van der Waals surface area contributed by atoms with E-state index in [4.69, 9.17) is 0 Å². The number of nitrogens with one attached hydrogen (secondary N) is 1. The molecule has 1 fully saturated rings. The molecule has 128 valence electrons. The first kappa shape index (κ1) is 17.0. The molecule has 0 aromatic heterocycles. The minimum Gasteiger partial charge on any atom is -0.379 e. The van der Waals surface area contributed by atoms with Gasteiger partial charge in [-0.25, -0.2) is 8.78 Å². The van der Waals surface area contributed by atoms with E-state index in [0.717, 1.165) is 26.2 Å². The second-order valence-corrected chi connectivity index (χ2v) is 6.61. The lowest BCUT2D eigenvalue weighted by atomic mass is 9.85. The van der Waals surface area contributed by atoms with Gasteiger partial charge >= 0.3 is 0 Å². The summed E-state index contributed by atoms with van der Waals surface area (Å²) in [7, 11) is 2.16. The van der Waals surface area contributed by atoms with Gasteiger partial charge < -0.3 is 10.0 Å². The number of likely N-dealkylation sites (N-methyl/N-ethyl adjacent to an activating group) is 1. The maximum absolute atomic E-state index is 13.3. The highest BCUT2D eigenvalue weighted by molar-refractivity contribution is 5.37. The average Bonchev–Trinajstić information content (AvgIpc) is 2.58. The molecule has 3 rings (SSSR count). The van der Waals surface area contributed by atoms with Crippen LogP contribution in [0.25, 0.3) is 0 Å². The third-order valence-electron chi connectivity index (χ3n) is 4.81. The van der Waals surface area contributed by atoms with Crippen LogP contribution in [0.15, 0.2) is 48.5 Å². The van der Waals surface area contributed by atoms with Crippen molar-refractivity contribution in [2.75, 3.05) is 39.8 Å². The standard InChI is InChI=1S/C19H22F2N2O/c1-22-10-12-23(13-11-22)14-19(24,15-2-6-17(20)7-3-15)16-4-8-18(21)9-5-16/h2-9,24H,10-14H2,1H3/p+1. The normalized spacial score (nSPS) is 17.2. The number of aliphatic hydroxyl groups is 1. The van der Waals surface area contributed by atoms with Crippen LogP contribution in [-0.4, -0.2) is 49.8 Å². The smallest absolute Gasteiger partial charge is 0.127 e. The van der Waals surface area contributed by atoms with Gasteiger partial charge in [-0.3, -0.25) is 4.90 Å². The third kappa shape index (κ3) is 3.64. The minimum absolute atomic E-state index is 0.344. The van der Waals surface area contributed by atoms with Gasteiger partial charge in [0.05, 0.1) is 20.1 Å². The first-order valence-corrected chi connectivity index (χ1v) is 8.25. The third-order valence-corrected chi connectivity index (χ3v) is 4.81. The molecule has 0 amide bonds. The summed E-state index contributed by atoms with van der Waals surface area (Å²) in [5.74, 6) is -0.688. The summed E-state index contributed by atoms with van der Waals surface area (Å²) < 4.78 is 26.6. The van der Waals surface area contributed by atoms with Crippen molar-refractivity contribution >= 4 is 0 Å². The molecular weight excluding hydrogens is 310 g/mol. The minimum atomic E-state index is -1.30. The van der Waals surface area contributed by atoms with E-state index in [1.54, 1.807) is 24.3 Å². The van der Waals surface area contributed by atoms with E-state index in [-0.39, 0.29) is 11.6 Å². The van der Waals surface area contributed by atoms with Gasteiger partial charge in [0.25, 0.3) is 0 Å². The van der Waals surface area contributed by atoms with Gasteiger partial charge in [-0.2, -0.15) is 0 Å². The van der Waals surface area contributed by atoms with Gasteiger partial charge in [0.2, 0.25) is 0 Å². The Kier molecular flexibility index (Phi) is 4.94. The Morgan fingerprint density at radius 2 is 1.33 bits per heavy atom. The highest BCUT2D eigenvalue weighted by atomic mass is 19.1. The number of nitrogens with zero attached hydrogens (tertiary/aromatic N) is 1. The van der Waals surface area contributed by atoms with Gasteiger partial charge in [-0.1, -0.05) is 24.3 Å². The maximum Gasteiger partial charge on any atom is 0.127 e. The number of halogens is 2. The van der Waals surface area contributed by atoms with Gasteiger partial charge in [0, 0.05) is 19.6 Å². The van der Waals surface area contributed by atoms with Gasteiger partial charge in [0.15, 0.2) is 0 Å². The highest BCUT2D eigenvalue weighted by Crippen LogP contribution is 2.31. The zero-order valence-electron chi connectivity index (χ0n) is 13.8. The zero-order chi connectivity index (χ0) is 17.2. The van der Waals surface area contributed by atoms with Crippen molar-refractivity contribution < 1.29 is 18.8 Å². The Labute approximate surface area is 141 Å². The van der Waals surface area contributed by atoms with Crippen molar-refractivity contribution in [3.05, 3.63) is 71.3 Å². The summed E-state index contributed by atoms with van der Waals surface area (Å²) >= 11 is 0. The number of hydrogen-bond acceptors (Lipinski definition) is 2. The van der Waals surface area contributed by atoms with Crippen LogP contribution < -0.4 is 4.90 Å². The molecule has 0 saturated carbocycles. The summed E-state index contributed by atoms with van der Waals surface area (Å²) in [5.41, 5.74) is -0.0734. The van der Waals surface area contributed by atoms with Gasteiger partial charge in [-0.15, -0.1) is 0 Å². The number of piperazine rings is 1. The van der Waals surface area contributed by atoms with E-state index >= 15 is 0 Å². The molecule has 0 atom stereocenters. The van der Waals surface area contributed by atoms with Crippen molar-refractivity contribution in [2.24, 2.45) is 0 Å². The Hall–Kier alpha value is -1.82. The zero-order valence-corrected chi connectivity index (χ0v) is 13.8. The van der Waals surface area contributed by atoms with Crippen LogP contribution in [0.4, 0.5) is 8.78 Å². The predicted molar refractivity (Wildman–Crippen MR) is 88.9 cm³/mol. The van der Waals surface area contributed by atoms with Crippen molar-refractivity contribution in [2.45, 2.75) is 5.60 Å². The first-order valence-electron chi connectivity index (χ1n) is 8.25. The number of benzene rings is 2. The van der Waals surface area contributed by atoms with Crippen LogP contribution in [0.5, 0.6) is 0 Å². The Balaban J connectivity index is 1.93. The van der Waals surface area contributed by atoms with Crippen LogP contribution in [0.1, 0.15) is 11.1 Å². The number of rotatable bonds is 4. The Morgan fingerprint density at radius 3 is 1.75 bits per heavy atom. The molecule has 1 aliphatic heterocycles. The van der Waals surface area contributed by atoms with Crippen LogP contribution in [-0.2, 0) is 5.60 Å². The molecule has 0 bridgehead atoms.